The number of rotatable bonds is 5. The second-order valence-corrected chi connectivity index (χ2v) is 6.17. The topological polar surface area (TPSA) is 62.1 Å². The molecule has 0 amide bonds. The third-order valence-electron chi connectivity index (χ3n) is 4.64. The second kappa shape index (κ2) is 7.03. The van der Waals surface area contributed by atoms with E-state index in [4.69, 9.17) is 9.47 Å². The molecule has 3 aromatic heterocycles. The maximum atomic E-state index is 5.80. The number of nitrogens with zero attached hydrogens (tertiary/aromatic N) is 4. The van der Waals surface area contributed by atoms with Gasteiger partial charge in [0.15, 0.2) is 0 Å². The molecule has 25 heavy (non-hydrogen) atoms. The van der Waals surface area contributed by atoms with Gasteiger partial charge in [-0.25, -0.2) is 9.97 Å². The van der Waals surface area contributed by atoms with E-state index in [1.165, 1.54) is 5.56 Å². The number of imidazole rings is 1. The van der Waals surface area contributed by atoms with Gasteiger partial charge in [-0.3, -0.25) is 4.98 Å². The van der Waals surface area contributed by atoms with Gasteiger partial charge < -0.3 is 14.0 Å². The van der Waals surface area contributed by atoms with Crippen LogP contribution in [0.2, 0.25) is 0 Å². The Bertz CT molecular complexity index is 834. The van der Waals surface area contributed by atoms with Crippen LogP contribution in [0.5, 0.6) is 5.88 Å². The van der Waals surface area contributed by atoms with Gasteiger partial charge in [0, 0.05) is 48.5 Å². The highest BCUT2D eigenvalue weighted by molar-refractivity contribution is 5.56. The predicted molar refractivity (Wildman–Crippen MR) is 93.3 cm³/mol. The number of ether oxygens (including phenoxy) is 2. The van der Waals surface area contributed by atoms with Gasteiger partial charge in [0.1, 0.15) is 5.82 Å². The van der Waals surface area contributed by atoms with Gasteiger partial charge in [0.05, 0.1) is 26.4 Å². The van der Waals surface area contributed by atoms with Gasteiger partial charge in [-0.2, -0.15) is 0 Å². The van der Waals surface area contributed by atoms with Crippen molar-refractivity contribution in [3.63, 3.8) is 0 Å². The van der Waals surface area contributed by atoms with Gasteiger partial charge in [0.2, 0.25) is 5.88 Å². The van der Waals surface area contributed by atoms with Crippen molar-refractivity contribution in [3.8, 4) is 17.3 Å². The molecule has 6 nitrogen and oxygen atoms in total. The molecule has 0 aliphatic carbocycles. The lowest BCUT2D eigenvalue weighted by molar-refractivity contribution is 0.181. The smallest absolute Gasteiger partial charge is 0.213 e. The van der Waals surface area contributed by atoms with E-state index >= 15 is 0 Å². The molecule has 0 unspecified atom stereocenters. The lowest BCUT2D eigenvalue weighted by atomic mass is 9.95. The second-order valence-electron chi connectivity index (χ2n) is 6.17. The molecule has 0 aromatic carbocycles. The highest BCUT2D eigenvalue weighted by Crippen LogP contribution is 2.33. The molecule has 1 aliphatic rings. The number of hydrogen-bond acceptors (Lipinski definition) is 5. The van der Waals surface area contributed by atoms with Crippen LogP contribution in [0.3, 0.4) is 0 Å². The summed E-state index contributed by atoms with van der Waals surface area (Å²) in [6.07, 6.45) is 10.3. The third kappa shape index (κ3) is 3.25. The number of methoxy groups -OCH3 is 1. The molecule has 2 atom stereocenters. The first kappa shape index (κ1) is 15.8. The van der Waals surface area contributed by atoms with Crippen molar-refractivity contribution < 1.29 is 9.47 Å². The van der Waals surface area contributed by atoms with Gasteiger partial charge in [0.25, 0.3) is 0 Å². The van der Waals surface area contributed by atoms with E-state index in [9.17, 15) is 0 Å². The van der Waals surface area contributed by atoms with E-state index in [0.29, 0.717) is 18.4 Å². The first-order valence-corrected chi connectivity index (χ1v) is 8.35. The van der Waals surface area contributed by atoms with Crippen LogP contribution in [0.15, 0.2) is 55.2 Å². The fourth-order valence-electron chi connectivity index (χ4n) is 3.38. The van der Waals surface area contributed by atoms with Crippen LogP contribution < -0.4 is 4.74 Å². The van der Waals surface area contributed by atoms with E-state index in [2.05, 4.69) is 31.7 Å². The number of hydrogen-bond donors (Lipinski definition) is 0. The summed E-state index contributed by atoms with van der Waals surface area (Å²) >= 11 is 0. The van der Waals surface area contributed by atoms with E-state index in [1.807, 2.05) is 36.9 Å². The van der Waals surface area contributed by atoms with E-state index in [0.717, 1.165) is 24.4 Å². The average Bonchev–Trinajstić information content (AvgIpc) is 3.31. The molecule has 4 rings (SSSR count). The number of aromatic nitrogens is 4. The van der Waals surface area contributed by atoms with Crippen molar-refractivity contribution >= 4 is 0 Å². The predicted octanol–water partition coefficient (Wildman–Crippen LogP) is 2.78. The van der Waals surface area contributed by atoms with Gasteiger partial charge in [-0.15, -0.1) is 0 Å². The first-order valence-electron chi connectivity index (χ1n) is 8.35. The van der Waals surface area contributed by atoms with E-state index in [1.54, 1.807) is 13.3 Å². The summed E-state index contributed by atoms with van der Waals surface area (Å²) in [7, 11) is 1.62. The largest absolute Gasteiger partial charge is 0.481 e. The maximum absolute atomic E-state index is 5.80. The van der Waals surface area contributed by atoms with Gasteiger partial charge >= 0.3 is 0 Å². The Kier molecular flexibility index (Phi) is 4.43. The minimum Gasteiger partial charge on any atom is -0.481 e. The Morgan fingerprint density at radius 3 is 2.84 bits per heavy atom. The highest BCUT2D eigenvalue weighted by atomic mass is 16.5. The molecule has 1 fully saturated rings. The SMILES string of the molecule is COc1cc(-c2nccn2[C@@H]2COC[C@H]2Cc2ccncc2)ccn1. The monoisotopic (exact) mass is 336 g/mol. The quantitative estimate of drug-likeness (QED) is 0.717. The van der Waals surface area contributed by atoms with Crippen molar-refractivity contribution in [1.82, 2.24) is 19.5 Å². The van der Waals surface area contributed by atoms with Crippen molar-refractivity contribution in [2.24, 2.45) is 5.92 Å². The summed E-state index contributed by atoms with van der Waals surface area (Å²) in [4.78, 5) is 12.8. The lowest BCUT2D eigenvalue weighted by Crippen LogP contribution is -2.20. The molecular weight excluding hydrogens is 316 g/mol. The number of pyridine rings is 2. The van der Waals surface area contributed by atoms with E-state index in [-0.39, 0.29) is 6.04 Å². The zero-order chi connectivity index (χ0) is 17.1. The zero-order valence-corrected chi connectivity index (χ0v) is 14.1. The fourth-order valence-corrected chi connectivity index (χ4v) is 3.38. The summed E-state index contributed by atoms with van der Waals surface area (Å²) in [6.45, 7) is 1.45. The third-order valence-corrected chi connectivity index (χ3v) is 4.64. The first-order chi connectivity index (χ1) is 12.3. The van der Waals surface area contributed by atoms with Crippen molar-refractivity contribution in [2.45, 2.75) is 12.5 Å². The molecule has 0 radical (unpaired) electrons. The molecule has 0 spiro atoms. The summed E-state index contributed by atoms with van der Waals surface area (Å²) < 4.78 is 13.3. The lowest BCUT2D eigenvalue weighted by Gasteiger charge is -2.21. The van der Waals surface area contributed by atoms with Gasteiger partial charge in [-0.1, -0.05) is 0 Å². The Morgan fingerprint density at radius 1 is 1.12 bits per heavy atom. The van der Waals surface area contributed by atoms with Crippen LogP contribution in [0, 0.1) is 5.92 Å². The standard InChI is InChI=1S/C19H20N4O2/c1-24-18-11-15(4-7-21-18)19-22-8-9-23(19)17-13-25-12-16(17)10-14-2-5-20-6-3-14/h2-9,11,16-17H,10,12-13H2,1H3/t16-,17-/m1/s1. The van der Waals surface area contributed by atoms with Crippen molar-refractivity contribution in [3.05, 3.63) is 60.8 Å². The van der Waals surface area contributed by atoms with Crippen LogP contribution >= 0.6 is 0 Å². The molecule has 3 aromatic rings. The maximum Gasteiger partial charge on any atom is 0.213 e. The Morgan fingerprint density at radius 2 is 2.00 bits per heavy atom. The molecule has 6 heteroatoms. The molecule has 1 saturated heterocycles. The van der Waals surface area contributed by atoms with Crippen LogP contribution in [0.4, 0.5) is 0 Å². The average molecular weight is 336 g/mol. The Balaban J connectivity index is 1.62. The van der Waals surface area contributed by atoms with Crippen LogP contribution in [-0.4, -0.2) is 39.8 Å². The summed E-state index contributed by atoms with van der Waals surface area (Å²) in [5.41, 5.74) is 2.27. The van der Waals surface area contributed by atoms with Gasteiger partial charge in [-0.05, 0) is 30.2 Å². The molecular formula is C19H20N4O2. The zero-order valence-electron chi connectivity index (χ0n) is 14.1. The van der Waals surface area contributed by atoms with Crippen molar-refractivity contribution in [2.75, 3.05) is 20.3 Å². The summed E-state index contributed by atoms with van der Waals surface area (Å²) in [5, 5.41) is 0. The molecule has 0 saturated carbocycles. The Labute approximate surface area is 146 Å². The molecule has 0 N–H and O–H groups in total. The minimum atomic E-state index is 0.254. The minimum absolute atomic E-state index is 0.254. The Hall–Kier alpha value is -2.73. The van der Waals surface area contributed by atoms with E-state index < -0.39 is 0 Å². The normalized spacial score (nSPS) is 19.9. The summed E-state index contributed by atoms with van der Waals surface area (Å²) in [5.74, 6) is 1.90. The molecule has 4 heterocycles. The van der Waals surface area contributed by atoms with Crippen LogP contribution in [0.25, 0.3) is 11.4 Å². The van der Waals surface area contributed by atoms with Crippen molar-refractivity contribution in [1.29, 1.82) is 0 Å². The van der Waals surface area contributed by atoms with Crippen LogP contribution in [0.1, 0.15) is 11.6 Å². The molecule has 128 valence electrons. The van der Waals surface area contributed by atoms with Crippen LogP contribution in [-0.2, 0) is 11.2 Å². The molecule has 1 aliphatic heterocycles. The fraction of sp³-hybridized carbons (Fsp3) is 0.316. The molecule has 0 bridgehead atoms. The highest BCUT2D eigenvalue weighted by Gasteiger charge is 2.31. The summed E-state index contributed by atoms with van der Waals surface area (Å²) in [6, 6.07) is 8.25.